The van der Waals surface area contributed by atoms with Crippen molar-refractivity contribution < 1.29 is 4.79 Å². The van der Waals surface area contributed by atoms with Crippen LogP contribution in [0.1, 0.15) is 25.3 Å². The van der Waals surface area contributed by atoms with Crippen molar-refractivity contribution in [2.45, 2.75) is 26.7 Å². The Hall–Kier alpha value is -1.38. The molecule has 0 saturated heterocycles. The highest BCUT2D eigenvalue weighted by Crippen LogP contribution is 2.32. The Labute approximate surface area is 90.1 Å². The number of aromatic nitrogens is 1. The highest BCUT2D eigenvalue weighted by molar-refractivity contribution is 5.96. The molecule has 3 nitrogen and oxygen atoms in total. The van der Waals surface area contributed by atoms with Gasteiger partial charge in [-0.25, -0.2) is 4.98 Å². The van der Waals surface area contributed by atoms with Gasteiger partial charge in [0.1, 0.15) is 5.82 Å². The van der Waals surface area contributed by atoms with Crippen LogP contribution in [0.3, 0.4) is 0 Å². The summed E-state index contributed by atoms with van der Waals surface area (Å²) < 4.78 is 0. The van der Waals surface area contributed by atoms with Crippen LogP contribution in [0.2, 0.25) is 0 Å². The zero-order valence-electron chi connectivity index (χ0n) is 9.23. The molecule has 15 heavy (non-hydrogen) atoms. The maximum atomic E-state index is 12.0. The van der Waals surface area contributed by atoms with E-state index in [9.17, 15) is 4.79 Å². The molecule has 0 spiro atoms. The van der Waals surface area contributed by atoms with Gasteiger partial charge in [-0.15, -0.1) is 0 Å². The summed E-state index contributed by atoms with van der Waals surface area (Å²) in [6, 6.07) is 3.89. The summed E-state index contributed by atoms with van der Waals surface area (Å²) in [6.07, 6.45) is 3.83. The Balaban J connectivity index is 2.25. The van der Waals surface area contributed by atoms with E-state index in [0.29, 0.717) is 6.54 Å². The van der Waals surface area contributed by atoms with Crippen molar-refractivity contribution >= 4 is 11.7 Å². The van der Waals surface area contributed by atoms with E-state index in [0.717, 1.165) is 24.2 Å². The van der Waals surface area contributed by atoms with E-state index in [-0.39, 0.29) is 11.8 Å². The normalized spacial score (nSPS) is 15.1. The molecular formula is C12H16N2O. The average Bonchev–Trinajstić information content (AvgIpc) is 3.05. The van der Waals surface area contributed by atoms with Crippen LogP contribution in [0, 0.1) is 12.8 Å². The van der Waals surface area contributed by atoms with Crippen LogP contribution in [-0.2, 0) is 4.79 Å². The number of carbonyl (C=O) groups is 1. The largest absolute Gasteiger partial charge is 0.297 e. The molecule has 1 saturated carbocycles. The van der Waals surface area contributed by atoms with Crippen molar-refractivity contribution in [1.82, 2.24) is 4.98 Å². The van der Waals surface area contributed by atoms with Crippen molar-refractivity contribution in [2.75, 3.05) is 11.4 Å². The van der Waals surface area contributed by atoms with Crippen LogP contribution in [0.25, 0.3) is 0 Å². The number of carbonyl (C=O) groups excluding carboxylic acids is 1. The molecule has 0 unspecified atom stereocenters. The van der Waals surface area contributed by atoms with E-state index in [2.05, 4.69) is 4.98 Å². The lowest BCUT2D eigenvalue weighted by atomic mass is 10.2. The second kappa shape index (κ2) is 4.01. The molecule has 0 aliphatic heterocycles. The quantitative estimate of drug-likeness (QED) is 0.755. The summed E-state index contributed by atoms with van der Waals surface area (Å²) in [5.41, 5.74) is 1.06. The van der Waals surface area contributed by atoms with Crippen LogP contribution in [-0.4, -0.2) is 17.4 Å². The van der Waals surface area contributed by atoms with E-state index in [1.165, 1.54) is 0 Å². The molecule has 1 aromatic rings. The minimum absolute atomic E-state index is 0.235. The minimum atomic E-state index is 0.235. The summed E-state index contributed by atoms with van der Waals surface area (Å²) in [5.74, 6) is 1.31. The SMILES string of the molecule is CCN(C(=O)C1CC1)c1ncccc1C. The number of pyridine rings is 1. The molecule has 1 aliphatic rings. The standard InChI is InChI=1S/C12H16N2O/c1-3-14(12(15)10-6-7-10)11-9(2)5-4-8-13-11/h4-5,8,10H,3,6-7H2,1-2H3. The first-order valence-electron chi connectivity index (χ1n) is 5.47. The number of rotatable bonds is 3. The van der Waals surface area contributed by atoms with Crippen molar-refractivity contribution in [2.24, 2.45) is 5.92 Å². The molecule has 0 N–H and O–H groups in total. The first-order chi connectivity index (χ1) is 7.24. The maximum absolute atomic E-state index is 12.0. The first kappa shape index (κ1) is 10.1. The maximum Gasteiger partial charge on any atom is 0.231 e. The lowest BCUT2D eigenvalue weighted by Gasteiger charge is -2.21. The van der Waals surface area contributed by atoms with Gasteiger partial charge in [-0.1, -0.05) is 6.07 Å². The number of amides is 1. The Morgan fingerprint density at radius 2 is 2.33 bits per heavy atom. The number of aryl methyl sites for hydroxylation is 1. The highest BCUT2D eigenvalue weighted by Gasteiger charge is 2.34. The smallest absolute Gasteiger partial charge is 0.231 e. The van der Waals surface area contributed by atoms with Crippen LogP contribution in [0.5, 0.6) is 0 Å². The topological polar surface area (TPSA) is 33.2 Å². The van der Waals surface area contributed by atoms with Gasteiger partial charge in [0.15, 0.2) is 0 Å². The molecule has 3 heteroatoms. The number of hydrogen-bond acceptors (Lipinski definition) is 2. The number of anilines is 1. The molecule has 1 aromatic heterocycles. The monoisotopic (exact) mass is 204 g/mol. The van der Waals surface area contributed by atoms with E-state index in [1.807, 2.05) is 26.0 Å². The van der Waals surface area contributed by atoms with Crippen LogP contribution in [0.4, 0.5) is 5.82 Å². The summed E-state index contributed by atoms with van der Waals surface area (Å²) in [4.78, 5) is 18.1. The molecule has 0 atom stereocenters. The Morgan fingerprint density at radius 3 is 2.87 bits per heavy atom. The van der Waals surface area contributed by atoms with Gasteiger partial charge in [-0.2, -0.15) is 0 Å². The van der Waals surface area contributed by atoms with E-state index < -0.39 is 0 Å². The number of nitrogens with zero attached hydrogens (tertiary/aromatic N) is 2. The van der Waals surface area contributed by atoms with Crippen molar-refractivity contribution in [3.05, 3.63) is 23.9 Å². The van der Waals surface area contributed by atoms with Gasteiger partial charge < -0.3 is 0 Å². The van der Waals surface area contributed by atoms with E-state index in [1.54, 1.807) is 11.1 Å². The molecular weight excluding hydrogens is 188 g/mol. The molecule has 0 bridgehead atoms. The lowest BCUT2D eigenvalue weighted by molar-refractivity contribution is -0.119. The fourth-order valence-corrected chi connectivity index (χ4v) is 1.72. The minimum Gasteiger partial charge on any atom is -0.297 e. The Morgan fingerprint density at radius 1 is 1.60 bits per heavy atom. The first-order valence-corrected chi connectivity index (χ1v) is 5.47. The lowest BCUT2D eigenvalue weighted by Crippen LogP contribution is -2.33. The zero-order chi connectivity index (χ0) is 10.8. The van der Waals surface area contributed by atoms with Gasteiger partial charge in [0.05, 0.1) is 0 Å². The summed E-state index contributed by atoms with van der Waals surface area (Å²) in [6.45, 7) is 4.69. The van der Waals surface area contributed by atoms with Crippen LogP contribution in [0.15, 0.2) is 18.3 Å². The third-order valence-electron chi connectivity index (χ3n) is 2.75. The van der Waals surface area contributed by atoms with E-state index >= 15 is 0 Å². The van der Waals surface area contributed by atoms with Gasteiger partial charge in [0.2, 0.25) is 5.91 Å². The molecule has 1 aliphatic carbocycles. The fraction of sp³-hybridized carbons (Fsp3) is 0.500. The van der Waals surface area contributed by atoms with Gasteiger partial charge >= 0.3 is 0 Å². The van der Waals surface area contributed by atoms with Crippen LogP contribution < -0.4 is 4.90 Å². The second-order valence-electron chi connectivity index (χ2n) is 4.00. The molecule has 0 aromatic carbocycles. The van der Waals surface area contributed by atoms with Gasteiger partial charge in [-0.05, 0) is 38.3 Å². The molecule has 0 radical (unpaired) electrons. The fourth-order valence-electron chi connectivity index (χ4n) is 1.72. The Bertz CT molecular complexity index is 372. The predicted molar refractivity (Wildman–Crippen MR) is 59.7 cm³/mol. The van der Waals surface area contributed by atoms with Gasteiger partial charge in [0.25, 0.3) is 0 Å². The van der Waals surface area contributed by atoms with Gasteiger partial charge in [0, 0.05) is 18.7 Å². The summed E-state index contributed by atoms with van der Waals surface area (Å²) >= 11 is 0. The van der Waals surface area contributed by atoms with Crippen molar-refractivity contribution in [3.63, 3.8) is 0 Å². The molecule has 80 valence electrons. The third kappa shape index (κ3) is 2.01. The Kier molecular flexibility index (Phi) is 2.71. The van der Waals surface area contributed by atoms with E-state index in [4.69, 9.17) is 0 Å². The molecule has 1 fully saturated rings. The summed E-state index contributed by atoms with van der Waals surface area (Å²) in [7, 11) is 0. The van der Waals surface area contributed by atoms with Crippen molar-refractivity contribution in [3.8, 4) is 0 Å². The predicted octanol–water partition coefficient (Wildman–Crippen LogP) is 2.15. The van der Waals surface area contributed by atoms with Gasteiger partial charge in [-0.3, -0.25) is 9.69 Å². The third-order valence-corrected chi connectivity index (χ3v) is 2.75. The molecule has 2 rings (SSSR count). The highest BCUT2D eigenvalue weighted by atomic mass is 16.2. The summed E-state index contributed by atoms with van der Waals surface area (Å²) in [5, 5.41) is 0. The molecule has 1 heterocycles. The molecule has 1 amide bonds. The van der Waals surface area contributed by atoms with Crippen molar-refractivity contribution in [1.29, 1.82) is 0 Å². The zero-order valence-corrected chi connectivity index (χ0v) is 9.23. The average molecular weight is 204 g/mol. The second-order valence-corrected chi connectivity index (χ2v) is 4.00. The number of hydrogen-bond donors (Lipinski definition) is 0. The van der Waals surface area contributed by atoms with Crippen LogP contribution >= 0.6 is 0 Å².